The van der Waals surface area contributed by atoms with E-state index in [0.717, 1.165) is 36.1 Å². The van der Waals surface area contributed by atoms with E-state index in [-0.39, 0.29) is 18.5 Å². The molecular weight excluding hydrogens is 362 g/mol. The molecule has 142 valence electrons. The van der Waals surface area contributed by atoms with Crippen molar-refractivity contribution in [1.29, 1.82) is 0 Å². The molecule has 5 heteroatoms. The van der Waals surface area contributed by atoms with Gasteiger partial charge in [0, 0.05) is 10.7 Å². The number of halogens is 1. The van der Waals surface area contributed by atoms with Crippen molar-refractivity contribution in [2.75, 3.05) is 11.9 Å². The van der Waals surface area contributed by atoms with Crippen molar-refractivity contribution in [2.24, 2.45) is 0 Å². The van der Waals surface area contributed by atoms with Gasteiger partial charge in [-0.3, -0.25) is 9.59 Å². The lowest BCUT2D eigenvalue weighted by Gasteiger charge is -2.17. The fourth-order valence-corrected chi connectivity index (χ4v) is 3.35. The van der Waals surface area contributed by atoms with E-state index in [1.165, 1.54) is 0 Å². The summed E-state index contributed by atoms with van der Waals surface area (Å²) in [4.78, 5) is 24.9. The van der Waals surface area contributed by atoms with Gasteiger partial charge in [0.2, 0.25) is 0 Å². The zero-order valence-electron chi connectivity index (χ0n) is 15.6. The van der Waals surface area contributed by atoms with Gasteiger partial charge in [-0.25, -0.2) is 0 Å². The van der Waals surface area contributed by atoms with Gasteiger partial charge < -0.3 is 10.1 Å². The van der Waals surface area contributed by atoms with Crippen LogP contribution in [0.5, 0.6) is 0 Å². The third-order valence-electron chi connectivity index (χ3n) is 5.25. The molecule has 1 amide bonds. The number of nitrogens with one attached hydrogen (secondary N) is 1. The largest absolute Gasteiger partial charge is 0.455 e. The first-order valence-corrected chi connectivity index (χ1v) is 9.66. The summed E-state index contributed by atoms with van der Waals surface area (Å²) in [6, 6.07) is 14.9. The van der Waals surface area contributed by atoms with Crippen LogP contribution in [0.3, 0.4) is 0 Å². The number of para-hydroxylation sites is 1. The number of carbonyl (C=O) groups is 2. The number of esters is 1. The van der Waals surface area contributed by atoms with Crippen LogP contribution in [0.2, 0.25) is 5.02 Å². The molecule has 2 aromatic carbocycles. The Kier molecular flexibility index (Phi) is 5.85. The van der Waals surface area contributed by atoms with Gasteiger partial charge in [-0.15, -0.1) is 0 Å². The third kappa shape index (κ3) is 4.33. The lowest BCUT2D eigenvalue weighted by atomic mass is 9.96. The normalized spacial score (nSPS) is 15.7. The Morgan fingerprint density at radius 2 is 1.81 bits per heavy atom. The van der Waals surface area contributed by atoms with Gasteiger partial charge in [0.05, 0.1) is 5.41 Å². The van der Waals surface area contributed by atoms with Crippen LogP contribution in [0.25, 0.3) is 0 Å². The Morgan fingerprint density at radius 3 is 2.44 bits per heavy atom. The smallest absolute Gasteiger partial charge is 0.317 e. The molecule has 3 rings (SSSR count). The number of amides is 1. The van der Waals surface area contributed by atoms with Gasteiger partial charge >= 0.3 is 5.97 Å². The lowest BCUT2D eigenvalue weighted by Crippen LogP contribution is -2.28. The van der Waals surface area contributed by atoms with E-state index < -0.39 is 5.41 Å². The average molecular weight is 386 g/mol. The van der Waals surface area contributed by atoms with Gasteiger partial charge in [-0.05, 0) is 54.5 Å². The third-order valence-corrected chi connectivity index (χ3v) is 5.50. The summed E-state index contributed by atoms with van der Waals surface area (Å²) in [6.07, 6.45) is 2.43. The quantitative estimate of drug-likeness (QED) is 0.677. The first-order valence-electron chi connectivity index (χ1n) is 9.28. The topological polar surface area (TPSA) is 55.4 Å². The maximum atomic E-state index is 12.6. The Bertz CT molecular complexity index is 828. The second-order valence-electron chi connectivity index (χ2n) is 7.11. The Balaban J connectivity index is 1.60. The molecule has 0 spiro atoms. The second-order valence-corrected chi connectivity index (χ2v) is 7.55. The summed E-state index contributed by atoms with van der Waals surface area (Å²) >= 11 is 5.92. The molecule has 27 heavy (non-hydrogen) atoms. The molecule has 0 aromatic heterocycles. The van der Waals surface area contributed by atoms with Crippen molar-refractivity contribution in [2.45, 2.75) is 44.4 Å². The molecule has 1 fully saturated rings. The van der Waals surface area contributed by atoms with Gasteiger partial charge in [0.15, 0.2) is 6.61 Å². The van der Waals surface area contributed by atoms with E-state index in [9.17, 15) is 9.59 Å². The van der Waals surface area contributed by atoms with Crippen molar-refractivity contribution in [3.63, 3.8) is 0 Å². The van der Waals surface area contributed by atoms with E-state index in [1.54, 1.807) is 12.1 Å². The molecule has 0 unspecified atom stereocenters. The zero-order valence-corrected chi connectivity index (χ0v) is 16.4. The molecule has 0 bridgehead atoms. The number of carbonyl (C=O) groups excluding carboxylic acids is 2. The van der Waals surface area contributed by atoms with Gasteiger partial charge in [0.1, 0.15) is 0 Å². The number of rotatable bonds is 7. The SMILES string of the molecule is CC[C@@H](C)c1ccccc1NC(=O)COC(=O)C1(c2ccc(Cl)cc2)CC1. The molecule has 1 aliphatic carbocycles. The van der Waals surface area contributed by atoms with Crippen molar-refractivity contribution < 1.29 is 14.3 Å². The van der Waals surface area contributed by atoms with Crippen LogP contribution >= 0.6 is 11.6 Å². The van der Waals surface area contributed by atoms with Crippen LogP contribution in [-0.2, 0) is 19.7 Å². The van der Waals surface area contributed by atoms with Crippen molar-refractivity contribution in [3.05, 3.63) is 64.7 Å². The summed E-state index contributed by atoms with van der Waals surface area (Å²) in [5.74, 6) is -0.343. The van der Waals surface area contributed by atoms with Gasteiger partial charge in [-0.1, -0.05) is 55.8 Å². The number of hydrogen-bond acceptors (Lipinski definition) is 3. The van der Waals surface area contributed by atoms with Crippen LogP contribution in [-0.4, -0.2) is 18.5 Å². The average Bonchev–Trinajstić information content (AvgIpc) is 3.48. The molecule has 0 heterocycles. The highest BCUT2D eigenvalue weighted by atomic mass is 35.5. The number of hydrogen-bond donors (Lipinski definition) is 1. The fraction of sp³-hybridized carbons (Fsp3) is 0.364. The Morgan fingerprint density at radius 1 is 1.15 bits per heavy atom. The minimum atomic E-state index is -0.625. The number of anilines is 1. The molecule has 1 aliphatic rings. The first kappa shape index (κ1) is 19.4. The van der Waals surface area contributed by atoms with E-state index in [0.29, 0.717) is 10.9 Å². The zero-order chi connectivity index (χ0) is 19.4. The molecule has 1 saturated carbocycles. The van der Waals surface area contributed by atoms with Crippen LogP contribution < -0.4 is 5.32 Å². The summed E-state index contributed by atoms with van der Waals surface area (Å²) in [5.41, 5.74) is 2.12. The molecule has 0 aliphatic heterocycles. The van der Waals surface area contributed by atoms with Gasteiger partial charge in [-0.2, -0.15) is 0 Å². The van der Waals surface area contributed by atoms with Crippen LogP contribution in [0.1, 0.15) is 50.2 Å². The van der Waals surface area contributed by atoms with Gasteiger partial charge in [0.25, 0.3) is 5.91 Å². The predicted octanol–water partition coefficient (Wildman–Crippen LogP) is 5.07. The minimum absolute atomic E-state index is 0.289. The summed E-state index contributed by atoms with van der Waals surface area (Å²) < 4.78 is 5.33. The highest BCUT2D eigenvalue weighted by Crippen LogP contribution is 2.49. The Hall–Kier alpha value is -2.33. The maximum absolute atomic E-state index is 12.6. The molecule has 2 aromatic rings. The van der Waals surface area contributed by atoms with Crippen LogP contribution in [0, 0.1) is 0 Å². The highest BCUT2D eigenvalue weighted by Gasteiger charge is 2.52. The maximum Gasteiger partial charge on any atom is 0.317 e. The van der Waals surface area contributed by atoms with Crippen LogP contribution in [0.15, 0.2) is 48.5 Å². The fourth-order valence-electron chi connectivity index (χ4n) is 3.22. The van der Waals surface area contributed by atoms with E-state index in [2.05, 4.69) is 19.2 Å². The summed E-state index contributed by atoms with van der Waals surface area (Å²) in [7, 11) is 0. The second kappa shape index (κ2) is 8.13. The summed E-state index contributed by atoms with van der Waals surface area (Å²) in [5, 5.41) is 3.49. The van der Waals surface area contributed by atoms with Crippen LogP contribution in [0.4, 0.5) is 5.69 Å². The van der Waals surface area contributed by atoms with Crippen molar-refractivity contribution >= 4 is 29.2 Å². The molecule has 4 nitrogen and oxygen atoms in total. The lowest BCUT2D eigenvalue weighted by molar-refractivity contribution is -0.150. The molecule has 0 radical (unpaired) electrons. The predicted molar refractivity (Wildman–Crippen MR) is 107 cm³/mol. The first-order chi connectivity index (χ1) is 13.0. The molecular formula is C22H24ClNO3. The monoisotopic (exact) mass is 385 g/mol. The number of ether oxygens (including phenoxy) is 1. The molecule has 1 atom stereocenters. The van der Waals surface area contributed by atoms with E-state index in [1.807, 2.05) is 36.4 Å². The molecule has 0 saturated heterocycles. The van der Waals surface area contributed by atoms with E-state index in [4.69, 9.17) is 16.3 Å². The highest BCUT2D eigenvalue weighted by molar-refractivity contribution is 6.30. The molecule has 1 N–H and O–H groups in total. The van der Waals surface area contributed by atoms with Crippen molar-refractivity contribution in [3.8, 4) is 0 Å². The number of benzene rings is 2. The van der Waals surface area contributed by atoms with Crippen molar-refractivity contribution in [1.82, 2.24) is 0 Å². The standard InChI is InChI=1S/C22H24ClNO3/c1-3-15(2)18-6-4-5-7-19(18)24-20(25)14-27-21(26)22(12-13-22)16-8-10-17(23)11-9-16/h4-11,15H,3,12-14H2,1-2H3,(H,24,25)/t15-/m1/s1. The summed E-state index contributed by atoms with van der Waals surface area (Å²) in [6.45, 7) is 3.94. The van der Waals surface area contributed by atoms with E-state index >= 15 is 0 Å². The Labute approximate surface area is 164 Å². The minimum Gasteiger partial charge on any atom is -0.455 e.